The van der Waals surface area contributed by atoms with Gasteiger partial charge in [-0.15, -0.1) is 0 Å². The quantitative estimate of drug-likeness (QED) is 0.794. The molecule has 2 rings (SSSR count). The Morgan fingerprint density at radius 3 is 2.48 bits per heavy atom. The zero-order valence-electron chi connectivity index (χ0n) is 12.1. The molecule has 2 aromatic rings. The number of hydrogen-bond donors (Lipinski definition) is 1. The van der Waals surface area contributed by atoms with Gasteiger partial charge in [0, 0.05) is 11.1 Å². The third kappa shape index (κ3) is 5.29. The van der Waals surface area contributed by atoms with Gasteiger partial charge in [0.15, 0.2) is 0 Å². The number of para-hydroxylation sites is 1. The second-order valence-electron chi connectivity index (χ2n) is 4.94. The van der Waals surface area contributed by atoms with Crippen molar-refractivity contribution in [3.63, 3.8) is 0 Å². The zero-order valence-corrected chi connectivity index (χ0v) is 12.8. The normalized spacial score (nSPS) is 12.0. The van der Waals surface area contributed by atoms with E-state index in [1.807, 2.05) is 55.5 Å². The molecule has 0 fully saturated rings. The molecule has 0 aliphatic heterocycles. The fourth-order valence-electron chi connectivity index (χ4n) is 2.02. The highest BCUT2D eigenvalue weighted by atomic mass is 35.5. The van der Waals surface area contributed by atoms with Gasteiger partial charge in [-0.3, -0.25) is 0 Å². The highest BCUT2D eigenvalue weighted by molar-refractivity contribution is 6.30. The molecule has 0 aromatic heterocycles. The number of benzene rings is 2. The highest BCUT2D eigenvalue weighted by Gasteiger charge is 2.07. The molecule has 0 heterocycles. The Hall–Kier alpha value is -1.71. The minimum Gasteiger partial charge on any atom is -0.490 e. The molecule has 3 nitrogen and oxygen atoms in total. The number of ether oxygens (including phenoxy) is 2. The van der Waals surface area contributed by atoms with Crippen LogP contribution in [0, 0.1) is 0 Å². The molecule has 0 radical (unpaired) electrons. The molecule has 112 valence electrons. The van der Waals surface area contributed by atoms with E-state index in [0.29, 0.717) is 18.2 Å². The van der Waals surface area contributed by atoms with E-state index in [4.69, 9.17) is 26.8 Å². The van der Waals surface area contributed by atoms with Gasteiger partial charge in [-0.2, -0.15) is 0 Å². The Morgan fingerprint density at radius 2 is 1.76 bits per heavy atom. The fourth-order valence-corrected chi connectivity index (χ4v) is 2.22. The largest absolute Gasteiger partial charge is 0.490 e. The second kappa shape index (κ2) is 7.91. The molecule has 0 aliphatic carbocycles. The van der Waals surface area contributed by atoms with E-state index >= 15 is 0 Å². The Morgan fingerprint density at radius 1 is 1.05 bits per heavy atom. The summed E-state index contributed by atoms with van der Waals surface area (Å²) in [5.74, 6) is 1.65. The molecular weight excluding hydrogens is 286 g/mol. The maximum atomic E-state index is 6.02. The van der Waals surface area contributed by atoms with Crippen LogP contribution in [0.1, 0.15) is 12.5 Å². The van der Waals surface area contributed by atoms with E-state index in [2.05, 4.69) is 0 Å². The third-order valence-electron chi connectivity index (χ3n) is 2.92. The number of rotatable bonds is 7. The summed E-state index contributed by atoms with van der Waals surface area (Å²) in [6, 6.07) is 15.3. The first-order valence-electron chi connectivity index (χ1n) is 7.00. The molecule has 1 atom stereocenters. The Balaban J connectivity index is 1.87. The van der Waals surface area contributed by atoms with Crippen molar-refractivity contribution in [1.29, 1.82) is 0 Å². The van der Waals surface area contributed by atoms with Crippen molar-refractivity contribution in [2.75, 3.05) is 13.2 Å². The van der Waals surface area contributed by atoms with Crippen LogP contribution in [0.15, 0.2) is 48.5 Å². The maximum Gasteiger partial charge on any atom is 0.122 e. The molecule has 1 unspecified atom stereocenters. The van der Waals surface area contributed by atoms with Crippen LogP contribution in [0.3, 0.4) is 0 Å². The standard InChI is InChI=1S/C17H20ClNO2/c1-13(19)11-14-12-15(18)7-8-17(14)21-10-9-20-16-5-3-2-4-6-16/h2-8,12-13H,9-11,19H2,1H3. The van der Waals surface area contributed by atoms with Gasteiger partial charge in [-0.05, 0) is 49.2 Å². The summed E-state index contributed by atoms with van der Waals surface area (Å²) in [5, 5.41) is 0.693. The van der Waals surface area contributed by atoms with Crippen LogP contribution in [0.25, 0.3) is 0 Å². The SMILES string of the molecule is CC(N)Cc1cc(Cl)ccc1OCCOc1ccccc1. The third-order valence-corrected chi connectivity index (χ3v) is 3.15. The second-order valence-corrected chi connectivity index (χ2v) is 5.38. The minimum absolute atomic E-state index is 0.0615. The van der Waals surface area contributed by atoms with Crippen molar-refractivity contribution in [3.05, 3.63) is 59.1 Å². The molecule has 0 bridgehead atoms. The van der Waals surface area contributed by atoms with Crippen LogP contribution in [0.4, 0.5) is 0 Å². The molecule has 2 N–H and O–H groups in total. The van der Waals surface area contributed by atoms with E-state index in [-0.39, 0.29) is 6.04 Å². The van der Waals surface area contributed by atoms with Crippen molar-refractivity contribution in [3.8, 4) is 11.5 Å². The molecule has 0 aliphatic rings. The monoisotopic (exact) mass is 305 g/mol. The predicted molar refractivity (Wildman–Crippen MR) is 86.2 cm³/mol. The van der Waals surface area contributed by atoms with Crippen LogP contribution in [0.5, 0.6) is 11.5 Å². The van der Waals surface area contributed by atoms with Crippen molar-refractivity contribution in [1.82, 2.24) is 0 Å². The molecular formula is C17H20ClNO2. The first-order valence-corrected chi connectivity index (χ1v) is 7.37. The lowest BCUT2D eigenvalue weighted by Crippen LogP contribution is -2.19. The molecule has 21 heavy (non-hydrogen) atoms. The van der Waals surface area contributed by atoms with Crippen LogP contribution in [0.2, 0.25) is 5.02 Å². The van der Waals surface area contributed by atoms with E-state index in [0.717, 1.165) is 23.5 Å². The Kier molecular flexibility index (Phi) is 5.90. The molecule has 0 spiro atoms. The summed E-state index contributed by atoms with van der Waals surface area (Å²) in [7, 11) is 0. The van der Waals surface area contributed by atoms with Gasteiger partial charge < -0.3 is 15.2 Å². The molecule has 0 amide bonds. The van der Waals surface area contributed by atoms with Gasteiger partial charge in [0.2, 0.25) is 0 Å². The zero-order chi connectivity index (χ0) is 15.1. The average Bonchev–Trinajstić information content (AvgIpc) is 2.46. The number of hydrogen-bond acceptors (Lipinski definition) is 3. The van der Waals surface area contributed by atoms with Crippen molar-refractivity contribution in [2.45, 2.75) is 19.4 Å². The highest BCUT2D eigenvalue weighted by Crippen LogP contribution is 2.24. The van der Waals surface area contributed by atoms with Gasteiger partial charge >= 0.3 is 0 Å². The maximum absolute atomic E-state index is 6.02. The molecule has 2 aromatic carbocycles. The average molecular weight is 306 g/mol. The molecule has 0 saturated heterocycles. The van der Waals surface area contributed by atoms with E-state index in [9.17, 15) is 0 Å². The summed E-state index contributed by atoms with van der Waals surface area (Å²) < 4.78 is 11.4. The topological polar surface area (TPSA) is 44.5 Å². The summed E-state index contributed by atoms with van der Waals surface area (Å²) in [4.78, 5) is 0. The predicted octanol–water partition coefficient (Wildman–Crippen LogP) is 3.69. The van der Waals surface area contributed by atoms with Crippen LogP contribution < -0.4 is 15.2 Å². The smallest absolute Gasteiger partial charge is 0.122 e. The lowest BCUT2D eigenvalue weighted by atomic mass is 10.1. The minimum atomic E-state index is 0.0615. The van der Waals surface area contributed by atoms with E-state index in [1.165, 1.54) is 0 Å². The first kappa shape index (κ1) is 15.7. The first-order chi connectivity index (χ1) is 10.1. The van der Waals surface area contributed by atoms with E-state index < -0.39 is 0 Å². The number of halogens is 1. The van der Waals surface area contributed by atoms with Gasteiger partial charge in [0.25, 0.3) is 0 Å². The summed E-state index contributed by atoms with van der Waals surface area (Å²) >= 11 is 6.02. The number of nitrogens with two attached hydrogens (primary N) is 1. The van der Waals surface area contributed by atoms with Crippen molar-refractivity contribution < 1.29 is 9.47 Å². The Labute approximate surface area is 130 Å². The van der Waals surface area contributed by atoms with Crippen molar-refractivity contribution >= 4 is 11.6 Å². The van der Waals surface area contributed by atoms with Crippen LogP contribution in [-0.2, 0) is 6.42 Å². The summed E-state index contributed by atoms with van der Waals surface area (Å²) in [6.07, 6.45) is 0.732. The lowest BCUT2D eigenvalue weighted by Gasteiger charge is -2.14. The summed E-state index contributed by atoms with van der Waals surface area (Å²) in [6.45, 7) is 2.93. The van der Waals surface area contributed by atoms with Gasteiger partial charge in [0.05, 0.1) is 0 Å². The van der Waals surface area contributed by atoms with Crippen LogP contribution >= 0.6 is 11.6 Å². The lowest BCUT2D eigenvalue weighted by molar-refractivity contribution is 0.216. The molecule has 0 saturated carbocycles. The van der Waals surface area contributed by atoms with Gasteiger partial charge in [-0.25, -0.2) is 0 Å². The fraction of sp³-hybridized carbons (Fsp3) is 0.294. The molecule has 4 heteroatoms. The summed E-state index contributed by atoms with van der Waals surface area (Å²) in [5.41, 5.74) is 6.88. The van der Waals surface area contributed by atoms with E-state index in [1.54, 1.807) is 0 Å². The van der Waals surface area contributed by atoms with Gasteiger partial charge in [0.1, 0.15) is 24.7 Å². The van der Waals surface area contributed by atoms with Gasteiger partial charge in [-0.1, -0.05) is 29.8 Å². The van der Waals surface area contributed by atoms with Crippen molar-refractivity contribution in [2.24, 2.45) is 5.73 Å². The Bertz CT molecular complexity index is 558. The van der Waals surface area contributed by atoms with Crippen LogP contribution in [-0.4, -0.2) is 19.3 Å².